The second-order valence-electron chi connectivity index (χ2n) is 6.47. The van der Waals surface area contributed by atoms with Gasteiger partial charge in [-0.25, -0.2) is 4.39 Å². The van der Waals surface area contributed by atoms with Crippen molar-refractivity contribution < 1.29 is 14.0 Å². The molecule has 0 saturated carbocycles. The molecule has 3 rings (SSSR count). The summed E-state index contributed by atoms with van der Waals surface area (Å²) in [5, 5.41) is 0. The highest BCUT2D eigenvalue weighted by atomic mass is 35.5. The number of hydrogen-bond donors (Lipinski definition) is 1. The van der Waals surface area contributed by atoms with Crippen molar-refractivity contribution in [2.45, 2.75) is 19.3 Å². The Morgan fingerprint density at radius 2 is 1.73 bits per heavy atom. The molecule has 2 N–H and O–H groups in total. The quantitative estimate of drug-likeness (QED) is 0.656. The second-order valence-corrected chi connectivity index (χ2v) is 6.47. The van der Waals surface area contributed by atoms with Crippen LogP contribution in [0.25, 0.3) is 0 Å². The maximum atomic E-state index is 13.0. The Morgan fingerprint density at radius 1 is 1.08 bits per heavy atom. The number of carbonyl (C=O) groups is 2. The third kappa shape index (κ3) is 4.82. The van der Waals surface area contributed by atoms with Crippen LogP contribution in [-0.2, 0) is 11.2 Å². The number of nitrogens with zero attached hydrogens (tertiary/aromatic N) is 1. The molecule has 1 amide bonds. The molecule has 1 fully saturated rings. The molecule has 1 aliphatic heterocycles. The van der Waals surface area contributed by atoms with Crippen molar-refractivity contribution in [3.63, 3.8) is 0 Å². The van der Waals surface area contributed by atoms with Crippen molar-refractivity contribution >= 4 is 29.8 Å². The molecule has 2 aromatic carbocycles. The number of hydrogen-bond acceptors (Lipinski definition) is 3. The number of amides is 1. The molecule has 2 aromatic rings. The van der Waals surface area contributed by atoms with E-state index < -0.39 is 0 Å². The lowest BCUT2D eigenvalue weighted by Gasteiger charge is -2.32. The van der Waals surface area contributed by atoms with Crippen LogP contribution in [0.5, 0.6) is 0 Å². The zero-order valence-electron chi connectivity index (χ0n) is 14.4. The second kappa shape index (κ2) is 8.81. The van der Waals surface area contributed by atoms with E-state index in [0.29, 0.717) is 30.8 Å². The standard InChI is InChI=1S/C20H21FN2O2.ClH/c21-17-7-5-15(6-8-17)20(25)16-2-1-11-23(13-16)19(24)12-14-3-9-18(22)10-4-14;/h3-10,16H,1-2,11-13,22H2;1H. The van der Waals surface area contributed by atoms with E-state index >= 15 is 0 Å². The summed E-state index contributed by atoms with van der Waals surface area (Å²) in [5.74, 6) is -0.596. The van der Waals surface area contributed by atoms with E-state index in [9.17, 15) is 14.0 Å². The van der Waals surface area contributed by atoms with E-state index in [1.54, 1.807) is 17.0 Å². The molecule has 0 radical (unpaired) electrons. The van der Waals surface area contributed by atoms with Crippen LogP contribution in [-0.4, -0.2) is 29.7 Å². The maximum Gasteiger partial charge on any atom is 0.227 e. The Kier molecular flexibility index (Phi) is 6.75. The highest BCUT2D eigenvalue weighted by Gasteiger charge is 2.28. The number of anilines is 1. The summed E-state index contributed by atoms with van der Waals surface area (Å²) < 4.78 is 13.0. The van der Waals surface area contributed by atoms with Gasteiger partial charge in [0, 0.05) is 30.3 Å². The smallest absolute Gasteiger partial charge is 0.227 e. The Bertz CT molecular complexity index is 762. The summed E-state index contributed by atoms with van der Waals surface area (Å²) in [7, 11) is 0. The Balaban J connectivity index is 0.00000243. The minimum atomic E-state index is -0.361. The molecule has 1 unspecified atom stereocenters. The molecule has 4 nitrogen and oxygen atoms in total. The SMILES string of the molecule is Cl.Nc1ccc(CC(=O)N2CCCC(C(=O)c3ccc(F)cc3)C2)cc1. The van der Waals surface area contributed by atoms with Crippen molar-refractivity contribution in [1.29, 1.82) is 0 Å². The van der Waals surface area contributed by atoms with Gasteiger partial charge in [-0.1, -0.05) is 12.1 Å². The summed E-state index contributed by atoms with van der Waals surface area (Å²) >= 11 is 0. The predicted octanol–water partition coefficient (Wildman–Crippen LogP) is 3.49. The monoisotopic (exact) mass is 376 g/mol. The average Bonchev–Trinajstić information content (AvgIpc) is 2.64. The average molecular weight is 377 g/mol. The van der Waals surface area contributed by atoms with Crippen LogP contribution < -0.4 is 5.73 Å². The van der Waals surface area contributed by atoms with Crippen LogP contribution in [0.1, 0.15) is 28.8 Å². The van der Waals surface area contributed by atoms with Gasteiger partial charge in [0.25, 0.3) is 0 Å². The molecule has 0 spiro atoms. The highest BCUT2D eigenvalue weighted by molar-refractivity contribution is 5.98. The van der Waals surface area contributed by atoms with Gasteiger partial charge in [-0.3, -0.25) is 9.59 Å². The lowest BCUT2D eigenvalue weighted by Crippen LogP contribution is -2.43. The minimum Gasteiger partial charge on any atom is -0.399 e. The van der Waals surface area contributed by atoms with E-state index in [-0.39, 0.29) is 35.8 Å². The lowest BCUT2D eigenvalue weighted by atomic mass is 9.89. The summed E-state index contributed by atoms with van der Waals surface area (Å²) in [6, 6.07) is 12.8. The molecule has 1 heterocycles. The number of nitrogen functional groups attached to an aromatic ring is 1. The molecular formula is C20H22ClFN2O2. The number of rotatable bonds is 4. The number of benzene rings is 2. The van der Waals surface area contributed by atoms with Crippen LogP contribution in [0.3, 0.4) is 0 Å². The molecule has 6 heteroatoms. The van der Waals surface area contributed by atoms with Crippen LogP contribution in [0.15, 0.2) is 48.5 Å². The van der Waals surface area contributed by atoms with Gasteiger partial charge in [0.05, 0.1) is 6.42 Å². The molecule has 0 bridgehead atoms. The van der Waals surface area contributed by atoms with Gasteiger partial charge in [-0.05, 0) is 54.8 Å². The fraction of sp³-hybridized carbons (Fsp3) is 0.300. The number of halogens is 2. The van der Waals surface area contributed by atoms with Crippen LogP contribution in [0.2, 0.25) is 0 Å². The van der Waals surface area contributed by atoms with Crippen LogP contribution in [0, 0.1) is 11.7 Å². The lowest BCUT2D eigenvalue weighted by molar-refractivity contribution is -0.131. The van der Waals surface area contributed by atoms with Gasteiger partial charge in [-0.15, -0.1) is 12.4 Å². The number of Topliss-reactive ketones (excluding diaryl/α,β-unsaturated/α-hetero) is 1. The Labute approximate surface area is 158 Å². The summed E-state index contributed by atoms with van der Waals surface area (Å²) in [4.78, 5) is 26.9. The third-order valence-electron chi connectivity index (χ3n) is 4.61. The molecule has 26 heavy (non-hydrogen) atoms. The molecule has 1 saturated heterocycles. The normalized spacial score (nSPS) is 16.7. The van der Waals surface area contributed by atoms with E-state index in [4.69, 9.17) is 5.73 Å². The topological polar surface area (TPSA) is 63.4 Å². The van der Waals surface area contributed by atoms with Crippen LogP contribution >= 0.6 is 12.4 Å². The first-order valence-electron chi connectivity index (χ1n) is 8.45. The number of carbonyl (C=O) groups excluding carboxylic acids is 2. The van der Waals surface area contributed by atoms with Crippen molar-refractivity contribution in [3.8, 4) is 0 Å². The third-order valence-corrected chi connectivity index (χ3v) is 4.61. The van der Waals surface area contributed by atoms with Crippen molar-refractivity contribution in [1.82, 2.24) is 4.90 Å². The predicted molar refractivity (Wildman–Crippen MR) is 102 cm³/mol. The Morgan fingerprint density at radius 3 is 2.38 bits per heavy atom. The number of piperidine rings is 1. The maximum absolute atomic E-state index is 13.0. The first-order chi connectivity index (χ1) is 12.0. The zero-order valence-corrected chi connectivity index (χ0v) is 15.2. The summed E-state index contributed by atoms with van der Waals surface area (Å²) in [5.41, 5.74) is 7.73. The van der Waals surface area contributed by atoms with Crippen molar-refractivity contribution in [3.05, 3.63) is 65.5 Å². The summed E-state index contributed by atoms with van der Waals surface area (Å²) in [6.45, 7) is 1.09. The molecule has 1 atom stereocenters. The molecule has 0 aliphatic carbocycles. The Hall–Kier alpha value is -2.40. The first-order valence-corrected chi connectivity index (χ1v) is 8.45. The highest BCUT2D eigenvalue weighted by Crippen LogP contribution is 2.22. The molecule has 1 aliphatic rings. The largest absolute Gasteiger partial charge is 0.399 e. The van der Waals surface area contributed by atoms with E-state index in [1.165, 1.54) is 24.3 Å². The van der Waals surface area contributed by atoms with E-state index in [1.807, 2.05) is 12.1 Å². The van der Waals surface area contributed by atoms with Crippen molar-refractivity contribution in [2.24, 2.45) is 5.92 Å². The van der Waals surface area contributed by atoms with Gasteiger partial charge in [0.2, 0.25) is 5.91 Å². The zero-order chi connectivity index (χ0) is 17.8. The first kappa shape index (κ1) is 19.9. The summed E-state index contributed by atoms with van der Waals surface area (Å²) in [6.07, 6.45) is 1.85. The van der Waals surface area contributed by atoms with E-state index in [0.717, 1.165) is 18.4 Å². The van der Waals surface area contributed by atoms with Gasteiger partial charge in [-0.2, -0.15) is 0 Å². The van der Waals surface area contributed by atoms with E-state index in [2.05, 4.69) is 0 Å². The molecular weight excluding hydrogens is 355 g/mol. The van der Waals surface area contributed by atoms with Gasteiger partial charge >= 0.3 is 0 Å². The van der Waals surface area contributed by atoms with Crippen molar-refractivity contribution in [2.75, 3.05) is 18.8 Å². The van der Waals surface area contributed by atoms with Gasteiger partial charge in [0.1, 0.15) is 5.82 Å². The molecule has 138 valence electrons. The fourth-order valence-corrected chi connectivity index (χ4v) is 3.19. The van der Waals surface area contributed by atoms with Gasteiger partial charge in [0.15, 0.2) is 5.78 Å². The number of likely N-dealkylation sites (tertiary alicyclic amines) is 1. The van der Waals surface area contributed by atoms with Crippen LogP contribution in [0.4, 0.5) is 10.1 Å². The fourth-order valence-electron chi connectivity index (χ4n) is 3.19. The number of nitrogens with two attached hydrogens (primary N) is 1. The minimum absolute atomic E-state index is 0. The molecule has 0 aromatic heterocycles. The van der Waals surface area contributed by atoms with Gasteiger partial charge < -0.3 is 10.6 Å². The number of ketones is 1.